The van der Waals surface area contributed by atoms with Crippen molar-refractivity contribution in [3.63, 3.8) is 0 Å². The molecule has 1 aliphatic carbocycles. The van der Waals surface area contributed by atoms with E-state index < -0.39 is 11.4 Å². The first-order valence-corrected chi connectivity index (χ1v) is 10.1. The lowest BCUT2D eigenvalue weighted by molar-refractivity contribution is -0.119. The van der Waals surface area contributed by atoms with Gasteiger partial charge >= 0.3 is 0 Å². The third-order valence-electron chi connectivity index (χ3n) is 4.84. The van der Waals surface area contributed by atoms with Crippen LogP contribution in [0.4, 0.5) is 4.39 Å². The van der Waals surface area contributed by atoms with E-state index in [1.165, 1.54) is 24.4 Å². The second-order valence-corrected chi connectivity index (χ2v) is 7.62. The number of pyridine rings is 1. The van der Waals surface area contributed by atoms with Crippen LogP contribution in [0.15, 0.2) is 45.9 Å². The zero-order valence-corrected chi connectivity index (χ0v) is 15.9. The van der Waals surface area contributed by atoms with Crippen LogP contribution in [0.1, 0.15) is 43.6 Å². The topological polar surface area (TPSA) is 80.9 Å². The Balaban J connectivity index is 1.55. The second kappa shape index (κ2) is 8.02. The van der Waals surface area contributed by atoms with Gasteiger partial charge in [-0.1, -0.05) is 24.4 Å². The Hall–Kier alpha value is -2.87. The first-order valence-electron chi connectivity index (χ1n) is 9.12. The SMILES string of the molecule is O=C(/C=C/c1cncc(F)c1)NC1(c2nc(-c3ccsc3)no2)CCCCC1. The lowest BCUT2D eigenvalue weighted by Crippen LogP contribution is -2.47. The molecule has 1 aliphatic rings. The van der Waals surface area contributed by atoms with Gasteiger partial charge in [0, 0.05) is 23.2 Å². The van der Waals surface area contributed by atoms with Crippen molar-refractivity contribution in [2.75, 3.05) is 0 Å². The number of hydrogen-bond acceptors (Lipinski definition) is 6. The van der Waals surface area contributed by atoms with Crippen LogP contribution >= 0.6 is 11.3 Å². The van der Waals surface area contributed by atoms with Crippen LogP contribution in [0.5, 0.6) is 0 Å². The quantitative estimate of drug-likeness (QED) is 0.647. The number of rotatable bonds is 5. The summed E-state index contributed by atoms with van der Waals surface area (Å²) in [5.74, 6) is 0.221. The molecule has 0 bridgehead atoms. The molecule has 6 nitrogen and oxygen atoms in total. The van der Waals surface area contributed by atoms with Gasteiger partial charge in [-0.3, -0.25) is 9.78 Å². The van der Waals surface area contributed by atoms with Crippen molar-refractivity contribution in [1.29, 1.82) is 0 Å². The summed E-state index contributed by atoms with van der Waals surface area (Å²) in [5, 5.41) is 11.1. The summed E-state index contributed by atoms with van der Waals surface area (Å²) < 4.78 is 18.8. The Morgan fingerprint density at radius 2 is 2.14 bits per heavy atom. The maximum atomic E-state index is 13.2. The molecule has 28 heavy (non-hydrogen) atoms. The van der Waals surface area contributed by atoms with Crippen LogP contribution in [0, 0.1) is 5.82 Å². The van der Waals surface area contributed by atoms with Gasteiger partial charge in [-0.05, 0) is 42.0 Å². The Morgan fingerprint density at radius 3 is 2.89 bits per heavy atom. The number of amides is 1. The zero-order valence-electron chi connectivity index (χ0n) is 15.1. The minimum atomic E-state index is -0.679. The van der Waals surface area contributed by atoms with Gasteiger partial charge in [-0.25, -0.2) is 4.39 Å². The van der Waals surface area contributed by atoms with Gasteiger partial charge in [0.2, 0.25) is 11.7 Å². The minimum Gasteiger partial charge on any atom is -0.338 e. The Morgan fingerprint density at radius 1 is 1.29 bits per heavy atom. The number of halogens is 1. The van der Waals surface area contributed by atoms with E-state index in [0.29, 0.717) is 17.3 Å². The van der Waals surface area contributed by atoms with Gasteiger partial charge in [-0.15, -0.1) is 0 Å². The number of aromatic nitrogens is 3. The summed E-state index contributed by atoms with van der Waals surface area (Å²) in [6.07, 6.45) is 10.0. The highest BCUT2D eigenvalue weighted by Gasteiger charge is 2.40. The molecule has 1 N–H and O–H groups in total. The number of carbonyl (C=O) groups excluding carboxylic acids is 1. The van der Waals surface area contributed by atoms with Gasteiger partial charge in [0.15, 0.2) is 0 Å². The van der Waals surface area contributed by atoms with Crippen molar-refractivity contribution >= 4 is 23.3 Å². The van der Waals surface area contributed by atoms with Gasteiger partial charge in [0.25, 0.3) is 5.89 Å². The molecule has 0 unspecified atom stereocenters. The van der Waals surface area contributed by atoms with Crippen molar-refractivity contribution in [2.24, 2.45) is 0 Å². The van der Waals surface area contributed by atoms with Crippen LogP contribution in [-0.4, -0.2) is 21.0 Å². The molecule has 4 rings (SSSR count). The van der Waals surface area contributed by atoms with Crippen LogP contribution in [0.25, 0.3) is 17.5 Å². The molecule has 0 aliphatic heterocycles. The first-order chi connectivity index (χ1) is 13.6. The molecule has 1 fully saturated rings. The molecule has 3 heterocycles. The number of carbonyl (C=O) groups is 1. The van der Waals surface area contributed by atoms with Crippen LogP contribution in [0.3, 0.4) is 0 Å². The van der Waals surface area contributed by atoms with Gasteiger partial charge in [-0.2, -0.15) is 16.3 Å². The van der Waals surface area contributed by atoms with Gasteiger partial charge in [0.05, 0.1) is 6.20 Å². The van der Waals surface area contributed by atoms with Crippen molar-refractivity contribution in [3.05, 3.63) is 58.6 Å². The number of hydrogen-bond donors (Lipinski definition) is 1. The van der Waals surface area contributed by atoms with Crippen LogP contribution in [0.2, 0.25) is 0 Å². The molecule has 0 radical (unpaired) electrons. The van der Waals surface area contributed by atoms with E-state index in [0.717, 1.165) is 43.9 Å². The normalized spacial score (nSPS) is 16.3. The average molecular weight is 398 g/mol. The minimum absolute atomic E-state index is 0.290. The fraction of sp³-hybridized carbons (Fsp3) is 0.300. The number of nitrogens with one attached hydrogen (secondary N) is 1. The Labute approximate surface area is 165 Å². The van der Waals surface area contributed by atoms with E-state index >= 15 is 0 Å². The fourth-order valence-electron chi connectivity index (χ4n) is 3.44. The average Bonchev–Trinajstić information content (AvgIpc) is 3.39. The van der Waals surface area contributed by atoms with Crippen molar-refractivity contribution in [1.82, 2.24) is 20.4 Å². The highest BCUT2D eigenvalue weighted by atomic mass is 32.1. The van der Waals surface area contributed by atoms with E-state index in [4.69, 9.17) is 4.52 Å². The second-order valence-electron chi connectivity index (χ2n) is 6.84. The predicted octanol–water partition coefficient (Wildman–Crippen LogP) is 4.32. The van der Waals surface area contributed by atoms with E-state index in [9.17, 15) is 9.18 Å². The van der Waals surface area contributed by atoms with E-state index in [2.05, 4.69) is 20.4 Å². The van der Waals surface area contributed by atoms with E-state index in [1.807, 2.05) is 16.8 Å². The summed E-state index contributed by atoms with van der Waals surface area (Å²) in [6, 6.07) is 3.25. The van der Waals surface area contributed by atoms with Crippen molar-refractivity contribution in [3.8, 4) is 11.4 Å². The summed E-state index contributed by atoms with van der Waals surface area (Å²) in [5.41, 5.74) is 0.738. The Bertz CT molecular complexity index is 978. The van der Waals surface area contributed by atoms with Crippen molar-refractivity contribution < 1.29 is 13.7 Å². The molecule has 1 saturated carbocycles. The summed E-state index contributed by atoms with van der Waals surface area (Å²) >= 11 is 1.56. The van der Waals surface area contributed by atoms with Gasteiger partial charge in [0.1, 0.15) is 11.4 Å². The molecule has 0 atom stereocenters. The molecule has 1 amide bonds. The third-order valence-corrected chi connectivity index (χ3v) is 5.52. The standard InChI is InChI=1S/C20H19FN4O2S/c21-16-10-14(11-22-12-16)4-5-17(26)24-20(7-2-1-3-8-20)19-23-18(25-27-19)15-6-9-28-13-15/h4-6,9-13H,1-3,7-8H2,(H,24,26)/b5-4+. The Kier molecular flexibility index (Phi) is 5.29. The molecule has 3 aromatic rings. The molecule has 0 aromatic carbocycles. The molecular formula is C20H19FN4O2S. The monoisotopic (exact) mass is 398 g/mol. The molecule has 3 aromatic heterocycles. The van der Waals surface area contributed by atoms with Gasteiger partial charge < -0.3 is 9.84 Å². The van der Waals surface area contributed by atoms with E-state index in [-0.39, 0.29) is 5.91 Å². The molecule has 8 heteroatoms. The summed E-state index contributed by atoms with van der Waals surface area (Å²) in [6.45, 7) is 0. The zero-order chi connectivity index (χ0) is 19.4. The lowest BCUT2D eigenvalue weighted by Gasteiger charge is -2.34. The largest absolute Gasteiger partial charge is 0.338 e. The number of thiophene rings is 1. The molecular weight excluding hydrogens is 379 g/mol. The lowest BCUT2D eigenvalue weighted by atomic mass is 9.81. The maximum Gasteiger partial charge on any atom is 0.252 e. The highest BCUT2D eigenvalue weighted by Crippen LogP contribution is 2.37. The molecule has 0 saturated heterocycles. The van der Waals surface area contributed by atoms with E-state index in [1.54, 1.807) is 11.3 Å². The highest BCUT2D eigenvalue weighted by molar-refractivity contribution is 7.08. The predicted molar refractivity (Wildman–Crippen MR) is 104 cm³/mol. The maximum absolute atomic E-state index is 13.2. The first kappa shape index (κ1) is 18.5. The molecule has 0 spiro atoms. The van der Waals surface area contributed by atoms with Crippen LogP contribution in [-0.2, 0) is 10.3 Å². The smallest absolute Gasteiger partial charge is 0.252 e. The summed E-state index contributed by atoms with van der Waals surface area (Å²) in [4.78, 5) is 20.9. The summed E-state index contributed by atoms with van der Waals surface area (Å²) in [7, 11) is 0. The number of nitrogens with zero attached hydrogens (tertiary/aromatic N) is 3. The third kappa shape index (κ3) is 4.01. The van der Waals surface area contributed by atoms with Crippen LogP contribution < -0.4 is 5.32 Å². The van der Waals surface area contributed by atoms with Crippen molar-refractivity contribution in [2.45, 2.75) is 37.6 Å². The fourth-order valence-corrected chi connectivity index (χ4v) is 4.08. The molecule has 144 valence electrons.